The number of hydrogen-bond donors (Lipinski definition) is 2. The number of aliphatic hydroxyl groups excluding tert-OH is 1. The molecule has 0 saturated carbocycles. The van der Waals surface area contributed by atoms with Crippen LogP contribution in [0, 0.1) is 0 Å². The number of hydrogen-bond acceptors (Lipinski definition) is 3. The Morgan fingerprint density at radius 2 is 1.84 bits per heavy atom. The van der Waals surface area contributed by atoms with Gasteiger partial charge in [0.2, 0.25) is 0 Å². The number of imidazole rings is 1. The summed E-state index contributed by atoms with van der Waals surface area (Å²) in [6.07, 6.45) is 2.62. The lowest BCUT2D eigenvalue weighted by atomic mass is 10.1. The largest absolute Gasteiger partial charge is 0.392 e. The third kappa shape index (κ3) is 3.59. The van der Waals surface area contributed by atoms with Crippen LogP contribution in [-0.4, -0.2) is 14.7 Å². The molecule has 0 fully saturated rings. The highest BCUT2D eigenvalue weighted by Crippen LogP contribution is 2.12. The second-order valence-electron chi connectivity index (χ2n) is 4.11. The van der Waals surface area contributed by atoms with Crippen LogP contribution in [0.2, 0.25) is 0 Å². The number of nitrogens with one attached hydrogen (secondary N) is 1. The molecule has 1 aromatic heterocycles. The van der Waals surface area contributed by atoms with Crippen LogP contribution in [0.4, 0.5) is 8.78 Å². The molecule has 4 nitrogen and oxygen atoms in total. The van der Waals surface area contributed by atoms with E-state index in [1.165, 1.54) is 12.4 Å². The molecule has 0 atom stereocenters. The summed E-state index contributed by atoms with van der Waals surface area (Å²) in [4.78, 5) is 3.88. The van der Waals surface area contributed by atoms with Gasteiger partial charge < -0.3 is 10.4 Å². The highest BCUT2D eigenvalue weighted by Gasteiger charge is 2.10. The van der Waals surface area contributed by atoms with E-state index in [-0.39, 0.29) is 13.2 Å². The Morgan fingerprint density at radius 3 is 2.47 bits per heavy atom. The van der Waals surface area contributed by atoms with Crippen molar-refractivity contribution >= 4 is 0 Å². The number of aliphatic hydroxyl groups is 1. The van der Waals surface area contributed by atoms with Gasteiger partial charge in [0.1, 0.15) is 5.82 Å². The Hall–Kier alpha value is -1.79. The van der Waals surface area contributed by atoms with Crippen molar-refractivity contribution in [2.24, 2.45) is 0 Å². The predicted molar refractivity (Wildman–Crippen MR) is 66.4 cm³/mol. The molecular weight excluding hydrogens is 252 g/mol. The third-order valence-corrected chi connectivity index (χ3v) is 2.78. The summed E-state index contributed by atoms with van der Waals surface area (Å²) >= 11 is 0. The van der Waals surface area contributed by atoms with Gasteiger partial charge in [-0.25, -0.2) is 4.98 Å². The molecule has 1 aromatic carbocycles. The smallest absolute Gasteiger partial charge is 0.319 e. The maximum Gasteiger partial charge on any atom is 0.319 e. The van der Waals surface area contributed by atoms with Crippen LogP contribution in [0.1, 0.15) is 23.5 Å². The summed E-state index contributed by atoms with van der Waals surface area (Å²) < 4.78 is 26.0. The summed E-state index contributed by atoms with van der Waals surface area (Å²) in [6, 6.07) is 7.44. The zero-order valence-electron chi connectivity index (χ0n) is 10.3. The van der Waals surface area contributed by atoms with Crippen LogP contribution in [0.25, 0.3) is 0 Å². The van der Waals surface area contributed by atoms with Gasteiger partial charge in [0, 0.05) is 18.9 Å². The van der Waals surface area contributed by atoms with E-state index in [0.29, 0.717) is 12.4 Å². The number of alkyl halides is 2. The van der Waals surface area contributed by atoms with Crippen molar-refractivity contribution in [2.75, 3.05) is 0 Å². The fourth-order valence-electron chi connectivity index (χ4n) is 1.74. The first-order valence-electron chi connectivity index (χ1n) is 5.90. The Labute approximate surface area is 109 Å². The van der Waals surface area contributed by atoms with Gasteiger partial charge in [-0.3, -0.25) is 4.57 Å². The van der Waals surface area contributed by atoms with Crippen LogP contribution in [0.15, 0.2) is 36.7 Å². The van der Waals surface area contributed by atoms with Crippen LogP contribution in [-0.2, 0) is 19.7 Å². The second kappa shape index (κ2) is 6.40. The number of halogens is 2. The summed E-state index contributed by atoms with van der Waals surface area (Å²) in [5.41, 5.74) is 1.87. The number of aromatic nitrogens is 2. The van der Waals surface area contributed by atoms with E-state index in [1.54, 1.807) is 0 Å². The van der Waals surface area contributed by atoms with Crippen molar-refractivity contribution in [3.63, 3.8) is 0 Å². The molecule has 0 bridgehead atoms. The van der Waals surface area contributed by atoms with Crippen molar-refractivity contribution in [3.8, 4) is 0 Å². The average Bonchev–Trinajstić information content (AvgIpc) is 2.88. The van der Waals surface area contributed by atoms with Gasteiger partial charge in [-0.2, -0.15) is 8.78 Å². The molecule has 0 aliphatic heterocycles. The van der Waals surface area contributed by atoms with Crippen LogP contribution in [0.3, 0.4) is 0 Å². The quantitative estimate of drug-likeness (QED) is 0.842. The van der Waals surface area contributed by atoms with E-state index < -0.39 is 6.55 Å². The molecule has 2 aromatic rings. The van der Waals surface area contributed by atoms with Gasteiger partial charge in [-0.05, 0) is 11.1 Å². The van der Waals surface area contributed by atoms with Crippen molar-refractivity contribution in [1.82, 2.24) is 14.9 Å². The molecule has 0 saturated heterocycles. The summed E-state index contributed by atoms with van der Waals surface area (Å²) in [7, 11) is 0. The van der Waals surface area contributed by atoms with Gasteiger partial charge in [0.25, 0.3) is 0 Å². The molecule has 102 valence electrons. The molecule has 0 aliphatic carbocycles. The Bertz CT molecular complexity index is 511. The van der Waals surface area contributed by atoms with Crippen molar-refractivity contribution in [1.29, 1.82) is 0 Å². The van der Waals surface area contributed by atoms with Gasteiger partial charge >= 0.3 is 6.55 Å². The normalized spacial score (nSPS) is 11.2. The van der Waals surface area contributed by atoms with Gasteiger partial charge in [0.15, 0.2) is 0 Å². The van der Waals surface area contributed by atoms with Crippen LogP contribution >= 0.6 is 0 Å². The fourth-order valence-corrected chi connectivity index (χ4v) is 1.74. The Balaban J connectivity index is 1.87. The zero-order valence-corrected chi connectivity index (χ0v) is 10.3. The molecule has 1 heterocycles. The molecule has 0 spiro atoms. The minimum absolute atomic E-state index is 0.0134. The Morgan fingerprint density at radius 1 is 1.16 bits per heavy atom. The molecule has 0 aliphatic rings. The summed E-state index contributed by atoms with van der Waals surface area (Å²) in [5.74, 6) is 0.307. The first-order valence-corrected chi connectivity index (χ1v) is 5.90. The molecule has 0 radical (unpaired) electrons. The van der Waals surface area contributed by atoms with Crippen LogP contribution < -0.4 is 5.32 Å². The minimum atomic E-state index is -2.57. The molecule has 0 amide bonds. The summed E-state index contributed by atoms with van der Waals surface area (Å²) in [6.45, 7) is -1.72. The standard InChI is InChI=1S/C13H15F2N3O/c14-13(15)18-6-5-17-12(18)8-16-7-10-1-3-11(9-19)4-2-10/h1-6,13,16,19H,7-9H2. The second-order valence-corrected chi connectivity index (χ2v) is 4.11. The molecule has 0 unspecified atom stereocenters. The fraction of sp³-hybridized carbons (Fsp3) is 0.308. The van der Waals surface area contributed by atoms with E-state index in [9.17, 15) is 8.78 Å². The molecule has 2 rings (SSSR count). The predicted octanol–water partition coefficient (Wildman–Crippen LogP) is 2.06. The maximum atomic E-state index is 12.6. The molecule has 2 N–H and O–H groups in total. The lowest BCUT2D eigenvalue weighted by Crippen LogP contribution is -2.17. The van der Waals surface area contributed by atoms with Gasteiger partial charge in [-0.1, -0.05) is 24.3 Å². The number of benzene rings is 1. The monoisotopic (exact) mass is 267 g/mol. The van der Waals surface area contributed by atoms with E-state index >= 15 is 0 Å². The highest BCUT2D eigenvalue weighted by molar-refractivity contribution is 5.21. The van der Waals surface area contributed by atoms with Crippen molar-refractivity contribution in [3.05, 3.63) is 53.6 Å². The van der Waals surface area contributed by atoms with E-state index in [4.69, 9.17) is 5.11 Å². The number of rotatable bonds is 6. The summed E-state index contributed by atoms with van der Waals surface area (Å²) in [5, 5.41) is 12.0. The first kappa shape index (κ1) is 13.6. The van der Waals surface area contributed by atoms with Gasteiger partial charge in [-0.15, -0.1) is 0 Å². The third-order valence-electron chi connectivity index (χ3n) is 2.78. The molecule has 19 heavy (non-hydrogen) atoms. The van der Waals surface area contributed by atoms with E-state index in [2.05, 4.69) is 10.3 Å². The Kier molecular flexibility index (Phi) is 4.59. The highest BCUT2D eigenvalue weighted by atomic mass is 19.3. The zero-order chi connectivity index (χ0) is 13.7. The first-order chi connectivity index (χ1) is 9.20. The van der Waals surface area contributed by atoms with E-state index in [1.807, 2.05) is 24.3 Å². The minimum Gasteiger partial charge on any atom is -0.392 e. The molecular formula is C13H15F2N3O. The van der Waals surface area contributed by atoms with Crippen molar-refractivity contribution < 1.29 is 13.9 Å². The van der Waals surface area contributed by atoms with Crippen LogP contribution in [0.5, 0.6) is 0 Å². The van der Waals surface area contributed by atoms with Gasteiger partial charge in [0.05, 0.1) is 13.2 Å². The van der Waals surface area contributed by atoms with Crippen molar-refractivity contribution in [2.45, 2.75) is 26.2 Å². The maximum absolute atomic E-state index is 12.6. The average molecular weight is 267 g/mol. The molecule has 6 heteroatoms. The topological polar surface area (TPSA) is 50.1 Å². The lowest BCUT2D eigenvalue weighted by molar-refractivity contribution is 0.0666. The van der Waals surface area contributed by atoms with E-state index in [0.717, 1.165) is 15.7 Å². The lowest BCUT2D eigenvalue weighted by Gasteiger charge is -2.08. The number of nitrogens with zero attached hydrogens (tertiary/aromatic N) is 2. The SMILES string of the molecule is OCc1ccc(CNCc2nccn2C(F)F)cc1.